The maximum atomic E-state index is 10.8. The minimum absolute atomic E-state index is 0.00208. The van der Waals surface area contributed by atoms with Crippen molar-refractivity contribution in [3.05, 3.63) is 63.1 Å². The topological polar surface area (TPSA) is 58.6 Å². The summed E-state index contributed by atoms with van der Waals surface area (Å²) in [6.45, 7) is 5.02. The molecule has 0 aliphatic heterocycles. The first-order valence-corrected chi connectivity index (χ1v) is 8.30. The predicted octanol–water partition coefficient (Wildman–Crippen LogP) is 4.77. The predicted molar refractivity (Wildman–Crippen MR) is 96.2 cm³/mol. The van der Waals surface area contributed by atoms with Crippen LogP contribution in [-0.4, -0.2) is 17.2 Å². The minimum atomic E-state index is -0.928. The molecule has 0 aliphatic rings. The van der Waals surface area contributed by atoms with Crippen LogP contribution < -0.4 is 10.1 Å². The van der Waals surface area contributed by atoms with Crippen molar-refractivity contribution in [2.45, 2.75) is 33.0 Å². The van der Waals surface area contributed by atoms with Gasteiger partial charge in [-0.05, 0) is 49.2 Å². The third kappa shape index (κ3) is 5.13. The summed E-state index contributed by atoms with van der Waals surface area (Å²) in [5.74, 6) is -0.427. The van der Waals surface area contributed by atoms with Gasteiger partial charge < -0.3 is 15.2 Å². The van der Waals surface area contributed by atoms with Crippen LogP contribution >= 0.6 is 23.2 Å². The Morgan fingerprint density at radius 1 is 1.08 bits per heavy atom. The number of aromatic carboxylic acids is 1. The zero-order valence-electron chi connectivity index (χ0n) is 13.5. The fourth-order valence-corrected chi connectivity index (χ4v) is 2.80. The Hall–Kier alpha value is -1.75. The standard InChI is InChI=1S/C18H19Cl2NO3/c1-11(2)24-17-15(19)7-13(8-16(17)20)10-21-9-12-3-5-14(6-4-12)18(22)23/h3-8,11,21H,9-10H2,1-2H3,(H,22,23). The molecular weight excluding hydrogens is 349 g/mol. The van der Waals surface area contributed by atoms with Crippen molar-refractivity contribution in [2.24, 2.45) is 0 Å². The van der Waals surface area contributed by atoms with Crippen LogP contribution in [0.15, 0.2) is 36.4 Å². The van der Waals surface area contributed by atoms with E-state index in [9.17, 15) is 4.79 Å². The first-order chi connectivity index (χ1) is 11.4. The van der Waals surface area contributed by atoms with Crippen LogP contribution in [-0.2, 0) is 13.1 Å². The number of hydrogen-bond acceptors (Lipinski definition) is 3. The van der Waals surface area contributed by atoms with Crippen molar-refractivity contribution in [2.75, 3.05) is 0 Å². The highest BCUT2D eigenvalue weighted by atomic mass is 35.5. The molecule has 0 saturated carbocycles. The number of carboxylic acid groups (broad SMARTS) is 1. The Labute approximate surface area is 151 Å². The number of carboxylic acids is 1. The molecule has 2 rings (SSSR count). The average Bonchev–Trinajstić information content (AvgIpc) is 2.51. The van der Waals surface area contributed by atoms with Crippen molar-refractivity contribution < 1.29 is 14.6 Å². The van der Waals surface area contributed by atoms with Crippen molar-refractivity contribution in [3.63, 3.8) is 0 Å². The summed E-state index contributed by atoms with van der Waals surface area (Å²) in [6.07, 6.45) is -0.00208. The molecule has 2 aromatic rings. The van der Waals surface area contributed by atoms with Crippen molar-refractivity contribution >= 4 is 29.2 Å². The lowest BCUT2D eigenvalue weighted by Crippen LogP contribution is -2.13. The number of carbonyl (C=O) groups is 1. The zero-order valence-corrected chi connectivity index (χ0v) is 15.0. The van der Waals surface area contributed by atoms with E-state index in [4.69, 9.17) is 33.0 Å². The molecule has 0 unspecified atom stereocenters. The first kappa shape index (κ1) is 18.6. The van der Waals surface area contributed by atoms with Crippen molar-refractivity contribution in [1.82, 2.24) is 5.32 Å². The molecule has 24 heavy (non-hydrogen) atoms. The van der Waals surface area contributed by atoms with E-state index in [0.29, 0.717) is 28.9 Å². The van der Waals surface area contributed by atoms with E-state index in [0.717, 1.165) is 11.1 Å². The number of ether oxygens (including phenoxy) is 1. The molecule has 6 heteroatoms. The normalized spacial score (nSPS) is 10.9. The van der Waals surface area contributed by atoms with E-state index >= 15 is 0 Å². The number of hydrogen-bond donors (Lipinski definition) is 2. The molecule has 0 spiro atoms. The van der Waals surface area contributed by atoms with Gasteiger partial charge >= 0.3 is 5.97 Å². The van der Waals surface area contributed by atoms with Crippen molar-refractivity contribution in [3.8, 4) is 5.75 Å². The highest BCUT2D eigenvalue weighted by molar-refractivity contribution is 6.37. The van der Waals surface area contributed by atoms with Crippen LogP contribution in [0.4, 0.5) is 0 Å². The molecule has 4 nitrogen and oxygen atoms in total. The van der Waals surface area contributed by atoms with Crippen molar-refractivity contribution in [1.29, 1.82) is 0 Å². The Morgan fingerprint density at radius 2 is 1.62 bits per heavy atom. The molecule has 0 saturated heterocycles. The van der Waals surface area contributed by atoms with Gasteiger partial charge in [0, 0.05) is 13.1 Å². The molecule has 0 aliphatic carbocycles. The molecule has 0 radical (unpaired) electrons. The number of benzene rings is 2. The average molecular weight is 368 g/mol. The Morgan fingerprint density at radius 3 is 2.12 bits per heavy atom. The molecule has 0 atom stereocenters. The lowest BCUT2D eigenvalue weighted by Gasteiger charge is -2.14. The molecule has 0 bridgehead atoms. The van der Waals surface area contributed by atoms with E-state index in [2.05, 4.69) is 5.32 Å². The quantitative estimate of drug-likeness (QED) is 0.739. The molecule has 128 valence electrons. The highest BCUT2D eigenvalue weighted by Crippen LogP contribution is 2.34. The monoisotopic (exact) mass is 367 g/mol. The summed E-state index contributed by atoms with van der Waals surface area (Å²) < 4.78 is 5.60. The van der Waals surface area contributed by atoms with Gasteiger partial charge in [0.15, 0.2) is 5.75 Å². The largest absolute Gasteiger partial charge is 0.488 e. The summed E-state index contributed by atoms with van der Waals surface area (Å²) >= 11 is 12.5. The van der Waals surface area contributed by atoms with Crippen LogP contribution in [0.1, 0.15) is 35.3 Å². The van der Waals surface area contributed by atoms with Gasteiger partial charge in [0.2, 0.25) is 0 Å². The molecule has 0 heterocycles. The SMILES string of the molecule is CC(C)Oc1c(Cl)cc(CNCc2ccc(C(=O)O)cc2)cc1Cl. The second kappa shape index (κ2) is 8.38. The minimum Gasteiger partial charge on any atom is -0.488 e. The first-order valence-electron chi connectivity index (χ1n) is 7.54. The van der Waals surface area contributed by atoms with E-state index in [1.54, 1.807) is 24.3 Å². The van der Waals surface area contributed by atoms with E-state index < -0.39 is 5.97 Å². The molecule has 2 aromatic carbocycles. The Balaban J connectivity index is 1.96. The Kier molecular flexibility index (Phi) is 6.49. The summed E-state index contributed by atoms with van der Waals surface area (Å²) in [5.41, 5.74) is 2.22. The Bertz CT molecular complexity index is 692. The van der Waals surface area contributed by atoms with E-state index in [-0.39, 0.29) is 11.7 Å². The van der Waals surface area contributed by atoms with E-state index in [1.165, 1.54) is 0 Å². The van der Waals surface area contributed by atoms with Crippen LogP contribution in [0.2, 0.25) is 10.0 Å². The second-order valence-corrected chi connectivity index (χ2v) is 6.48. The molecule has 0 amide bonds. The number of halogens is 2. The summed E-state index contributed by atoms with van der Waals surface area (Å²) in [7, 11) is 0. The molecular formula is C18H19Cl2NO3. The summed E-state index contributed by atoms with van der Waals surface area (Å²) in [6, 6.07) is 10.4. The lowest BCUT2D eigenvalue weighted by molar-refractivity contribution is 0.0697. The maximum absolute atomic E-state index is 10.8. The maximum Gasteiger partial charge on any atom is 0.335 e. The van der Waals surface area contributed by atoms with Gasteiger partial charge in [-0.3, -0.25) is 0 Å². The van der Waals surface area contributed by atoms with Gasteiger partial charge in [0.25, 0.3) is 0 Å². The van der Waals surface area contributed by atoms with Gasteiger partial charge in [-0.2, -0.15) is 0 Å². The summed E-state index contributed by atoms with van der Waals surface area (Å²) in [4.78, 5) is 10.8. The zero-order chi connectivity index (χ0) is 17.7. The lowest BCUT2D eigenvalue weighted by atomic mass is 10.1. The van der Waals surface area contributed by atoms with Gasteiger partial charge in [-0.15, -0.1) is 0 Å². The van der Waals surface area contributed by atoms with Gasteiger partial charge in [0.1, 0.15) is 0 Å². The van der Waals surface area contributed by atoms with Crippen LogP contribution in [0, 0.1) is 0 Å². The van der Waals surface area contributed by atoms with Crippen LogP contribution in [0.3, 0.4) is 0 Å². The van der Waals surface area contributed by atoms with Gasteiger partial charge in [-0.25, -0.2) is 4.79 Å². The number of rotatable bonds is 7. The van der Waals surface area contributed by atoms with Gasteiger partial charge in [0.05, 0.1) is 21.7 Å². The van der Waals surface area contributed by atoms with Crippen LogP contribution in [0.25, 0.3) is 0 Å². The van der Waals surface area contributed by atoms with Gasteiger partial charge in [-0.1, -0.05) is 35.3 Å². The fraction of sp³-hybridized carbons (Fsp3) is 0.278. The number of nitrogens with one attached hydrogen (secondary N) is 1. The molecule has 0 aromatic heterocycles. The smallest absolute Gasteiger partial charge is 0.335 e. The summed E-state index contributed by atoms with van der Waals surface area (Å²) in [5, 5.41) is 13.1. The van der Waals surface area contributed by atoms with Crippen LogP contribution in [0.5, 0.6) is 5.75 Å². The third-order valence-corrected chi connectivity index (χ3v) is 3.83. The highest BCUT2D eigenvalue weighted by Gasteiger charge is 2.11. The third-order valence-electron chi connectivity index (χ3n) is 3.27. The molecule has 0 fully saturated rings. The van der Waals surface area contributed by atoms with E-state index in [1.807, 2.05) is 26.0 Å². The fourth-order valence-electron chi connectivity index (χ4n) is 2.18. The molecule has 2 N–H and O–H groups in total. The second-order valence-electron chi connectivity index (χ2n) is 5.66.